The molecule has 0 aromatic heterocycles. The molecule has 1 heterocycles. The van der Waals surface area contributed by atoms with E-state index in [0.29, 0.717) is 18.7 Å². The van der Waals surface area contributed by atoms with E-state index in [2.05, 4.69) is 5.32 Å². The standard InChI is InChI=1S/C20H24N2O4S/c1-3-27(24,25)22-14-17-9-5-4-8-16(17)12-19(22)20(23)21-13-15-7-6-10-18(11-15)26-2/h4-11,19H,3,12-14H2,1-2H3,(H,21,23)/t19-/m0/s1. The summed E-state index contributed by atoms with van der Waals surface area (Å²) in [6, 6.07) is 14.3. The third-order valence-corrected chi connectivity index (χ3v) is 6.66. The zero-order valence-corrected chi connectivity index (χ0v) is 16.3. The first-order chi connectivity index (χ1) is 12.9. The zero-order valence-electron chi connectivity index (χ0n) is 15.5. The van der Waals surface area contributed by atoms with Crippen LogP contribution in [-0.4, -0.2) is 37.5 Å². The van der Waals surface area contributed by atoms with E-state index in [9.17, 15) is 13.2 Å². The summed E-state index contributed by atoms with van der Waals surface area (Å²) in [5.41, 5.74) is 2.86. The number of ether oxygens (including phenoxy) is 1. The van der Waals surface area contributed by atoms with Gasteiger partial charge in [-0.05, 0) is 42.2 Å². The average molecular weight is 388 g/mol. The Morgan fingerprint density at radius 2 is 1.93 bits per heavy atom. The fourth-order valence-electron chi connectivity index (χ4n) is 3.27. The van der Waals surface area contributed by atoms with Gasteiger partial charge < -0.3 is 10.1 Å². The van der Waals surface area contributed by atoms with Gasteiger partial charge in [0.1, 0.15) is 11.8 Å². The molecule has 3 rings (SSSR count). The number of carbonyl (C=O) groups is 1. The lowest BCUT2D eigenvalue weighted by Crippen LogP contribution is -2.52. The maximum atomic E-state index is 12.9. The number of amides is 1. The van der Waals surface area contributed by atoms with Crippen molar-refractivity contribution in [3.8, 4) is 5.75 Å². The molecule has 0 spiro atoms. The molecule has 1 amide bonds. The van der Waals surface area contributed by atoms with Gasteiger partial charge in [-0.1, -0.05) is 36.4 Å². The molecule has 2 aromatic rings. The van der Waals surface area contributed by atoms with Crippen LogP contribution in [0, 0.1) is 0 Å². The fraction of sp³-hybridized carbons (Fsp3) is 0.350. The van der Waals surface area contributed by atoms with E-state index in [1.54, 1.807) is 14.0 Å². The van der Waals surface area contributed by atoms with Gasteiger partial charge in [0, 0.05) is 13.1 Å². The molecule has 0 unspecified atom stereocenters. The highest BCUT2D eigenvalue weighted by molar-refractivity contribution is 7.89. The summed E-state index contributed by atoms with van der Waals surface area (Å²) in [5.74, 6) is 0.391. The smallest absolute Gasteiger partial charge is 0.239 e. The van der Waals surface area contributed by atoms with Crippen molar-refractivity contribution in [2.75, 3.05) is 12.9 Å². The van der Waals surface area contributed by atoms with Crippen molar-refractivity contribution in [2.45, 2.75) is 32.5 Å². The molecule has 0 radical (unpaired) electrons. The van der Waals surface area contributed by atoms with Crippen LogP contribution in [0.25, 0.3) is 0 Å². The molecule has 1 N–H and O–H groups in total. The van der Waals surface area contributed by atoms with Gasteiger partial charge in [-0.2, -0.15) is 4.31 Å². The quantitative estimate of drug-likeness (QED) is 0.822. The van der Waals surface area contributed by atoms with Crippen LogP contribution in [0.1, 0.15) is 23.6 Å². The zero-order chi connectivity index (χ0) is 19.4. The molecule has 0 saturated carbocycles. The molecule has 6 nitrogen and oxygen atoms in total. The number of nitrogens with one attached hydrogen (secondary N) is 1. The highest BCUT2D eigenvalue weighted by Gasteiger charge is 2.37. The molecule has 1 aliphatic rings. The molecule has 144 valence electrons. The first kappa shape index (κ1) is 19.4. The molecule has 2 aromatic carbocycles. The van der Waals surface area contributed by atoms with E-state index >= 15 is 0 Å². The van der Waals surface area contributed by atoms with Gasteiger partial charge in [-0.15, -0.1) is 0 Å². The van der Waals surface area contributed by atoms with E-state index in [0.717, 1.165) is 16.7 Å². The number of sulfonamides is 1. The minimum atomic E-state index is -3.50. The molecular weight excluding hydrogens is 364 g/mol. The molecular formula is C20H24N2O4S. The Labute approximate surface area is 160 Å². The molecule has 27 heavy (non-hydrogen) atoms. The second-order valence-corrected chi connectivity index (χ2v) is 8.71. The average Bonchev–Trinajstić information content (AvgIpc) is 2.71. The molecule has 0 bridgehead atoms. The molecule has 1 aliphatic heterocycles. The van der Waals surface area contributed by atoms with Gasteiger partial charge in [-0.3, -0.25) is 4.79 Å². The summed E-state index contributed by atoms with van der Waals surface area (Å²) in [7, 11) is -1.91. The molecule has 0 fully saturated rings. The Bertz CT molecular complexity index is 927. The molecule has 0 aliphatic carbocycles. The third-order valence-electron chi connectivity index (χ3n) is 4.83. The van der Waals surface area contributed by atoms with Gasteiger partial charge >= 0.3 is 0 Å². The third kappa shape index (κ3) is 4.31. The second kappa shape index (κ2) is 8.10. The monoisotopic (exact) mass is 388 g/mol. The van der Waals surface area contributed by atoms with E-state index in [1.807, 2.05) is 48.5 Å². The Balaban J connectivity index is 1.80. The SMILES string of the molecule is CCS(=O)(=O)N1Cc2ccccc2C[C@H]1C(=O)NCc1cccc(OC)c1. The summed E-state index contributed by atoms with van der Waals surface area (Å²) in [6.45, 7) is 2.14. The number of hydrogen-bond acceptors (Lipinski definition) is 4. The van der Waals surface area contributed by atoms with E-state index in [1.165, 1.54) is 4.31 Å². The molecule has 7 heteroatoms. The lowest BCUT2D eigenvalue weighted by Gasteiger charge is -2.34. The highest BCUT2D eigenvalue weighted by Crippen LogP contribution is 2.26. The summed E-state index contributed by atoms with van der Waals surface area (Å²) in [5, 5.41) is 2.88. The number of methoxy groups -OCH3 is 1. The van der Waals surface area contributed by atoms with Crippen molar-refractivity contribution in [1.82, 2.24) is 9.62 Å². The Kier molecular flexibility index (Phi) is 5.82. The fourth-order valence-corrected chi connectivity index (χ4v) is 4.50. The minimum Gasteiger partial charge on any atom is -0.497 e. The van der Waals surface area contributed by atoms with Crippen molar-refractivity contribution >= 4 is 15.9 Å². The predicted octanol–water partition coefficient (Wildman–Crippen LogP) is 2.09. The number of nitrogens with zero attached hydrogens (tertiary/aromatic N) is 1. The topological polar surface area (TPSA) is 75.7 Å². The van der Waals surface area contributed by atoms with Crippen LogP contribution < -0.4 is 10.1 Å². The maximum Gasteiger partial charge on any atom is 0.239 e. The van der Waals surface area contributed by atoms with Crippen molar-refractivity contribution in [3.05, 3.63) is 65.2 Å². The normalized spacial score (nSPS) is 17.2. The van der Waals surface area contributed by atoms with Gasteiger partial charge in [-0.25, -0.2) is 8.42 Å². The predicted molar refractivity (Wildman–Crippen MR) is 104 cm³/mol. The Morgan fingerprint density at radius 1 is 1.19 bits per heavy atom. The Morgan fingerprint density at radius 3 is 2.63 bits per heavy atom. The van der Waals surface area contributed by atoms with E-state index in [-0.39, 0.29) is 18.2 Å². The van der Waals surface area contributed by atoms with Gasteiger partial charge in [0.15, 0.2) is 0 Å². The summed E-state index contributed by atoms with van der Waals surface area (Å²) in [6.07, 6.45) is 0.374. The van der Waals surface area contributed by atoms with Crippen LogP contribution in [0.3, 0.4) is 0 Å². The van der Waals surface area contributed by atoms with E-state index < -0.39 is 16.1 Å². The van der Waals surface area contributed by atoms with Crippen LogP contribution in [0.15, 0.2) is 48.5 Å². The maximum absolute atomic E-state index is 12.9. The molecule has 0 saturated heterocycles. The number of fused-ring (bicyclic) bond motifs is 1. The summed E-state index contributed by atoms with van der Waals surface area (Å²) >= 11 is 0. The van der Waals surface area contributed by atoms with E-state index in [4.69, 9.17) is 4.74 Å². The largest absolute Gasteiger partial charge is 0.497 e. The van der Waals surface area contributed by atoms with Gasteiger partial charge in [0.25, 0.3) is 0 Å². The van der Waals surface area contributed by atoms with Gasteiger partial charge in [0.05, 0.1) is 12.9 Å². The van der Waals surface area contributed by atoms with Crippen LogP contribution in [0.4, 0.5) is 0 Å². The van der Waals surface area contributed by atoms with Crippen molar-refractivity contribution in [1.29, 1.82) is 0 Å². The number of benzene rings is 2. The minimum absolute atomic E-state index is 0.0329. The first-order valence-electron chi connectivity index (χ1n) is 8.91. The van der Waals surface area contributed by atoms with Crippen molar-refractivity contribution in [3.63, 3.8) is 0 Å². The Hall–Kier alpha value is -2.38. The lowest BCUT2D eigenvalue weighted by molar-refractivity contribution is -0.125. The lowest BCUT2D eigenvalue weighted by atomic mass is 9.95. The summed E-state index contributed by atoms with van der Waals surface area (Å²) in [4.78, 5) is 12.9. The van der Waals surface area contributed by atoms with Crippen LogP contribution in [0.5, 0.6) is 5.75 Å². The molecule has 1 atom stereocenters. The summed E-state index contributed by atoms with van der Waals surface area (Å²) < 4.78 is 31.7. The first-order valence-corrected chi connectivity index (χ1v) is 10.5. The van der Waals surface area contributed by atoms with Crippen LogP contribution >= 0.6 is 0 Å². The number of rotatable bonds is 6. The van der Waals surface area contributed by atoms with Crippen molar-refractivity contribution < 1.29 is 17.9 Å². The van der Waals surface area contributed by atoms with Crippen LogP contribution in [0.2, 0.25) is 0 Å². The second-order valence-electron chi connectivity index (χ2n) is 6.50. The van der Waals surface area contributed by atoms with Crippen LogP contribution in [-0.2, 0) is 34.3 Å². The number of hydrogen-bond donors (Lipinski definition) is 1. The van der Waals surface area contributed by atoms with Crippen molar-refractivity contribution in [2.24, 2.45) is 0 Å². The highest BCUT2D eigenvalue weighted by atomic mass is 32.2. The number of carbonyl (C=O) groups excluding carboxylic acids is 1. The van der Waals surface area contributed by atoms with Gasteiger partial charge in [0.2, 0.25) is 15.9 Å².